The lowest BCUT2D eigenvalue weighted by atomic mass is 9.88. The Labute approximate surface area is 165 Å². The van der Waals surface area contributed by atoms with Crippen molar-refractivity contribution in [1.29, 1.82) is 0 Å². The molecule has 2 aromatic carbocycles. The molecule has 2 aromatic rings. The molecule has 2 nitrogen and oxygen atoms in total. The minimum atomic E-state index is -4.13. The lowest BCUT2D eigenvalue weighted by molar-refractivity contribution is -0.187. The summed E-state index contributed by atoms with van der Waals surface area (Å²) in [5, 5.41) is 0. The second kappa shape index (κ2) is 8.53. The zero-order chi connectivity index (χ0) is 21.2. The Bertz CT molecular complexity index is 856. The first-order chi connectivity index (χ1) is 13.7. The highest BCUT2D eigenvalue weighted by Crippen LogP contribution is 2.41. The maximum Gasteiger partial charge on any atom is 0.427 e. The molecular formula is C22H21F5O2. The summed E-state index contributed by atoms with van der Waals surface area (Å²) in [6, 6.07) is 7.61. The van der Waals surface area contributed by atoms with Gasteiger partial charge in [0.1, 0.15) is 11.6 Å². The van der Waals surface area contributed by atoms with Crippen LogP contribution >= 0.6 is 0 Å². The Hall–Kier alpha value is -2.41. The number of hydrogen-bond donors (Lipinski definition) is 0. The van der Waals surface area contributed by atoms with Crippen molar-refractivity contribution in [3.05, 3.63) is 77.1 Å². The first kappa shape index (κ1) is 21.3. The molecule has 1 heterocycles. The Morgan fingerprint density at radius 3 is 2.38 bits per heavy atom. The molecule has 0 amide bonds. The Morgan fingerprint density at radius 2 is 1.83 bits per heavy atom. The highest BCUT2D eigenvalue weighted by Gasteiger charge is 2.41. The van der Waals surface area contributed by atoms with Crippen LogP contribution in [0.4, 0.5) is 22.0 Å². The molecule has 156 valence electrons. The fourth-order valence-electron chi connectivity index (χ4n) is 3.40. The molecule has 0 radical (unpaired) electrons. The number of hydrogen-bond acceptors (Lipinski definition) is 2. The summed E-state index contributed by atoms with van der Waals surface area (Å²) in [5.41, 5.74) is -1.77. The van der Waals surface area contributed by atoms with Gasteiger partial charge in [-0.2, -0.15) is 8.78 Å². The number of benzene rings is 2. The Kier molecular flexibility index (Phi) is 6.27. The van der Waals surface area contributed by atoms with Crippen LogP contribution in [-0.4, -0.2) is 12.7 Å². The molecule has 3 rings (SSSR count). The minimum Gasteiger partial charge on any atom is -0.429 e. The molecule has 0 aromatic heterocycles. The zero-order valence-electron chi connectivity index (χ0n) is 15.8. The van der Waals surface area contributed by atoms with E-state index in [2.05, 4.69) is 11.3 Å². The van der Waals surface area contributed by atoms with Gasteiger partial charge in [-0.1, -0.05) is 29.8 Å². The molecule has 1 aliphatic heterocycles. The fraction of sp³-hybridized carbons (Fsp3) is 0.364. The van der Waals surface area contributed by atoms with Crippen molar-refractivity contribution in [1.82, 2.24) is 0 Å². The van der Waals surface area contributed by atoms with Crippen LogP contribution in [-0.2, 0) is 10.8 Å². The van der Waals surface area contributed by atoms with E-state index in [0.717, 1.165) is 17.7 Å². The number of aryl methyl sites for hydroxylation is 1. The zero-order valence-corrected chi connectivity index (χ0v) is 15.8. The van der Waals surface area contributed by atoms with Crippen molar-refractivity contribution >= 4 is 0 Å². The van der Waals surface area contributed by atoms with Crippen LogP contribution in [0.1, 0.15) is 47.4 Å². The van der Waals surface area contributed by atoms with Crippen molar-refractivity contribution in [2.45, 2.75) is 44.3 Å². The first-order valence-electron chi connectivity index (χ1n) is 9.21. The summed E-state index contributed by atoms with van der Waals surface area (Å²) in [6.07, 6.45) is -5.10. The maximum atomic E-state index is 14.9. The normalized spacial score (nSPS) is 20.0. The molecule has 7 heteroatoms. The molecule has 0 N–H and O–H groups in total. The summed E-state index contributed by atoms with van der Waals surface area (Å²) in [6.45, 7) is 5.48. The van der Waals surface area contributed by atoms with Gasteiger partial charge in [0, 0.05) is 5.92 Å². The van der Waals surface area contributed by atoms with Crippen molar-refractivity contribution in [3.63, 3.8) is 0 Å². The highest BCUT2D eigenvalue weighted by molar-refractivity contribution is 5.39. The number of rotatable bonds is 6. The third-order valence-electron chi connectivity index (χ3n) is 5.02. The van der Waals surface area contributed by atoms with Crippen molar-refractivity contribution < 1.29 is 31.4 Å². The van der Waals surface area contributed by atoms with Gasteiger partial charge in [-0.25, -0.2) is 13.2 Å². The van der Waals surface area contributed by atoms with E-state index in [-0.39, 0.29) is 24.0 Å². The first-order valence-corrected chi connectivity index (χ1v) is 9.21. The lowest BCUT2D eigenvalue weighted by Gasteiger charge is -2.29. The quantitative estimate of drug-likeness (QED) is 0.391. The highest BCUT2D eigenvalue weighted by atomic mass is 19.3. The molecule has 1 fully saturated rings. The molecule has 1 saturated heterocycles. The smallest absolute Gasteiger partial charge is 0.427 e. The molecule has 0 spiro atoms. The maximum absolute atomic E-state index is 14.9. The molecular weight excluding hydrogens is 391 g/mol. The van der Waals surface area contributed by atoms with E-state index >= 15 is 0 Å². The third-order valence-corrected chi connectivity index (χ3v) is 5.02. The van der Waals surface area contributed by atoms with E-state index in [4.69, 9.17) is 4.74 Å². The summed E-state index contributed by atoms with van der Waals surface area (Å²) < 4.78 is 81.6. The lowest BCUT2D eigenvalue weighted by Crippen LogP contribution is -2.27. The average molecular weight is 412 g/mol. The van der Waals surface area contributed by atoms with Crippen LogP contribution in [0, 0.1) is 12.7 Å². The predicted octanol–water partition coefficient (Wildman–Crippen LogP) is 6.65. The third kappa shape index (κ3) is 4.61. The molecule has 0 aliphatic carbocycles. The van der Waals surface area contributed by atoms with E-state index < -0.39 is 35.4 Å². The predicted molar refractivity (Wildman–Crippen MR) is 99.0 cm³/mol. The molecule has 1 aliphatic rings. The van der Waals surface area contributed by atoms with Crippen LogP contribution < -0.4 is 4.74 Å². The van der Waals surface area contributed by atoms with E-state index in [1.807, 2.05) is 0 Å². The average Bonchev–Trinajstić information content (AvgIpc) is 2.69. The summed E-state index contributed by atoms with van der Waals surface area (Å²) in [7, 11) is 0. The minimum absolute atomic E-state index is 0.0577. The van der Waals surface area contributed by atoms with Crippen LogP contribution in [0.15, 0.2) is 49.1 Å². The van der Waals surface area contributed by atoms with Gasteiger partial charge in [0.05, 0.1) is 23.8 Å². The number of ether oxygens (including phenoxy) is 2. The molecule has 2 unspecified atom stereocenters. The second-order valence-electron chi connectivity index (χ2n) is 7.04. The second-order valence-corrected chi connectivity index (χ2v) is 7.04. The molecule has 29 heavy (non-hydrogen) atoms. The Balaban J connectivity index is 1.93. The standard InChI is InChI=1S/C22H21F5O2/c1-3-15-9-6-14(12-28-15)17-10-11-18(19(20(17)23)21(24)25)22(26,27)29-16-7-4-13(2)5-8-16/h3-5,7-8,10-11,14-15,21H,1,6,9,12H2,2H3. The van der Waals surface area contributed by atoms with E-state index in [1.54, 1.807) is 25.1 Å². The van der Waals surface area contributed by atoms with Crippen LogP contribution in [0.2, 0.25) is 0 Å². The van der Waals surface area contributed by atoms with Gasteiger partial charge in [0.25, 0.3) is 6.43 Å². The van der Waals surface area contributed by atoms with Gasteiger partial charge in [-0.3, -0.25) is 0 Å². The van der Waals surface area contributed by atoms with Crippen LogP contribution in [0.5, 0.6) is 5.75 Å². The van der Waals surface area contributed by atoms with Crippen molar-refractivity contribution in [2.24, 2.45) is 0 Å². The van der Waals surface area contributed by atoms with Gasteiger partial charge in [-0.05, 0) is 43.5 Å². The molecule has 0 bridgehead atoms. The number of alkyl halides is 4. The van der Waals surface area contributed by atoms with Crippen molar-refractivity contribution in [3.8, 4) is 5.75 Å². The van der Waals surface area contributed by atoms with Gasteiger partial charge in [0.2, 0.25) is 0 Å². The topological polar surface area (TPSA) is 18.5 Å². The Morgan fingerprint density at radius 1 is 1.14 bits per heavy atom. The molecule has 2 atom stereocenters. The number of halogens is 5. The fourth-order valence-corrected chi connectivity index (χ4v) is 3.40. The van der Waals surface area contributed by atoms with Gasteiger partial charge in [0.15, 0.2) is 0 Å². The van der Waals surface area contributed by atoms with Crippen LogP contribution in [0.25, 0.3) is 0 Å². The van der Waals surface area contributed by atoms with E-state index in [9.17, 15) is 22.0 Å². The van der Waals surface area contributed by atoms with Gasteiger partial charge >= 0.3 is 6.11 Å². The van der Waals surface area contributed by atoms with E-state index in [0.29, 0.717) is 12.8 Å². The molecule has 0 saturated carbocycles. The largest absolute Gasteiger partial charge is 0.429 e. The monoisotopic (exact) mass is 412 g/mol. The van der Waals surface area contributed by atoms with E-state index in [1.165, 1.54) is 12.1 Å². The van der Waals surface area contributed by atoms with Crippen molar-refractivity contribution in [2.75, 3.05) is 6.61 Å². The van der Waals surface area contributed by atoms with Gasteiger partial charge in [-0.15, -0.1) is 6.58 Å². The van der Waals surface area contributed by atoms with Gasteiger partial charge < -0.3 is 9.47 Å². The van der Waals surface area contributed by atoms with Crippen LogP contribution in [0.3, 0.4) is 0 Å². The summed E-state index contributed by atoms with van der Waals surface area (Å²) >= 11 is 0. The SMILES string of the molecule is C=CC1CCC(c2ccc(C(F)(F)Oc3ccc(C)cc3)c(C(F)F)c2F)CO1. The summed E-state index contributed by atoms with van der Waals surface area (Å²) in [4.78, 5) is 0. The summed E-state index contributed by atoms with van der Waals surface area (Å²) in [5.74, 6) is -2.04.